The Morgan fingerprint density at radius 2 is 2.06 bits per heavy atom. The highest BCUT2D eigenvalue weighted by Crippen LogP contribution is 2.40. The molecule has 6 nitrogen and oxygen atoms in total. The largest absolute Gasteiger partial charge is 0.381 e. The summed E-state index contributed by atoms with van der Waals surface area (Å²) in [5.74, 6) is 1.46. The van der Waals surface area contributed by atoms with Crippen LogP contribution < -0.4 is 10.2 Å². The van der Waals surface area contributed by atoms with Crippen molar-refractivity contribution >= 4 is 23.1 Å². The molecule has 2 aromatic rings. The van der Waals surface area contributed by atoms with Crippen molar-refractivity contribution in [3.05, 3.63) is 47.7 Å². The van der Waals surface area contributed by atoms with Gasteiger partial charge in [-0.2, -0.15) is 0 Å². The van der Waals surface area contributed by atoms with Crippen LogP contribution in [0.15, 0.2) is 36.5 Å². The fourth-order valence-corrected chi connectivity index (χ4v) is 5.44. The number of hydrogen-bond acceptors (Lipinski definition) is 5. The van der Waals surface area contributed by atoms with Crippen LogP contribution in [0.1, 0.15) is 70.8 Å². The Kier molecular flexibility index (Phi) is 6.65. The van der Waals surface area contributed by atoms with Crippen molar-refractivity contribution in [3.8, 4) is 0 Å². The van der Waals surface area contributed by atoms with Gasteiger partial charge in [0.25, 0.3) is 0 Å². The molecule has 3 heterocycles. The molecule has 0 bridgehead atoms. The first kappa shape index (κ1) is 22.4. The van der Waals surface area contributed by atoms with Gasteiger partial charge in [0.1, 0.15) is 5.82 Å². The zero-order valence-electron chi connectivity index (χ0n) is 19.8. The second kappa shape index (κ2) is 9.82. The Hall–Kier alpha value is -2.44. The van der Waals surface area contributed by atoms with E-state index in [0.29, 0.717) is 12.5 Å². The number of nitrogens with one attached hydrogen (secondary N) is 1. The Bertz CT molecular complexity index is 985. The first-order valence-corrected chi connectivity index (χ1v) is 12.5. The predicted octanol–water partition coefficient (Wildman–Crippen LogP) is 5.80. The topological polar surface area (TPSA) is 63.7 Å². The third kappa shape index (κ3) is 4.92. The van der Waals surface area contributed by atoms with Gasteiger partial charge in [0.2, 0.25) is 5.91 Å². The fraction of sp³-hybridized carbons (Fsp3) is 0.556. The van der Waals surface area contributed by atoms with Gasteiger partial charge < -0.3 is 19.7 Å². The molecule has 2 fully saturated rings. The molecule has 1 saturated carbocycles. The smallest absolute Gasteiger partial charge is 0.230 e. The van der Waals surface area contributed by atoms with Gasteiger partial charge >= 0.3 is 0 Å². The van der Waals surface area contributed by atoms with Gasteiger partial charge in [0.05, 0.1) is 36.7 Å². The maximum absolute atomic E-state index is 13.9. The van der Waals surface area contributed by atoms with E-state index in [-0.39, 0.29) is 25.5 Å². The van der Waals surface area contributed by atoms with Crippen LogP contribution >= 0.6 is 0 Å². The van der Waals surface area contributed by atoms with Gasteiger partial charge in [-0.25, -0.2) is 4.98 Å². The van der Waals surface area contributed by atoms with E-state index in [1.807, 2.05) is 11.0 Å². The number of nitrogens with zero attached hydrogens (tertiary/aromatic N) is 2. The standard InChI is InChI=1S/C27H35N3O3.H2/c1-18(2)33-23-10-7-19(8-11-23)27(31)30-16-21-5-3-13-28-26(21)29-24-12-9-20(15-25(24)30)22-6-4-14-32-17-22;/h3,5,9,12-13,15,18-19,22-23H,4,6-8,10-11,14,16-17H2,1-2H3,(H,28,29);1H. The van der Waals surface area contributed by atoms with Gasteiger partial charge in [0, 0.05) is 31.6 Å². The summed E-state index contributed by atoms with van der Waals surface area (Å²) in [6, 6.07) is 10.5. The molecular formula is C27H37N3O3. The highest BCUT2D eigenvalue weighted by molar-refractivity contribution is 5.99. The van der Waals surface area contributed by atoms with E-state index in [1.165, 1.54) is 5.56 Å². The van der Waals surface area contributed by atoms with E-state index < -0.39 is 0 Å². The molecule has 1 saturated heterocycles. The number of carbonyl (C=O) groups excluding carboxylic acids is 1. The van der Waals surface area contributed by atoms with Crippen LogP contribution in [0.25, 0.3) is 0 Å². The number of rotatable bonds is 4. The lowest BCUT2D eigenvalue weighted by atomic mass is 9.86. The minimum Gasteiger partial charge on any atom is -0.381 e. The number of hydrogen-bond donors (Lipinski definition) is 1. The first-order chi connectivity index (χ1) is 16.1. The minimum atomic E-state index is 0. The summed E-state index contributed by atoms with van der Waals surface area (Å²) in [6.07, 6.45) is 8.17. The zero-order valence-corrected chi connectivity index (χ0v) is 19.8. The summed E-state index contributed by atoms with van der Waals surface area (Å²) in [5.41, 5.74) is 4.20. The molecule has 6 heteroatoms. The van der Waals surface area contributed by atoms with Crippen molar-refractivity contribution < 1.29 is 15.7 Å². The highest BCUT2D eigenvalue weighted by atomic mass is 16.5. The summed E-state index contributed by atoms with van der Waals surface area (Å²) in [7, 11) is 0. The molecule has 1 unspecified atom stereocenters. The van der Waals surface area contributed by atoms with Crippen molar-refractivity contribution in [2.24, 2.45) is 5.92 Å². The Morgan fingerprint density at radius 1 is 1.21 bits per heavy atom. The molecule has 0 spiro atoms. The Labute approximate surface area is 198 Å². The molecule has 1 aromatic carbocycles. The monoisotopic (exact) mass is 451 g/mol. The normalized spacial score (nSPS) is 25.1. The van der Waals surface area contributed by atoms with E-state index in [1.54, 1.807) is 6.20 Å². The van der Waals surface area contributed by atoms with Crippen molar-refractivity contribution in [3.63, 3.8) is 0 Å². The van der Waals surface area contributed by atoms with Gasteiger partial charge in [-0.3, -0.25) is 4.79 Å². The van der Waals surface area contributed by atoms with Gasteiger partial charge in [-0.1, -0.05) is 12.1 Å². The average molecular weight is 452 g/mol. The summed E-state index contributed by atoms with van der Waals surface area (Å²) >= 11 is 0. The summed E-state index contributed by atoms with van der Waals surface area (Å²) in [6.45, 7) is 6.30. The quantitative estimate of drug-likeness (QED) is 0.637. The maximum Gasteiger partial charge on any atom is 0.230 e. The van der Waals surface area contributed by atoms with Crippen molar-refractivity contribution in [2.45, 2.75) is 77.0 Å². The van der Waals surface area contributed by atoms with E-state index in [9.17, 15) is 4.79 Å². The lowest BCUT2D eigenvalue weighted by molar-refractivity contribution is -0.124. The van der Waals surface area contributed by atoms with Crippen LogP contribution in [0.5, 0.6) is 0 Å². The highest BCUT2D eigenvalue weighted by Gasteiger charge is 2.33. The van der Waals surface area contributed by atoms with Crippen molar-refractivity contribution in [1.82, 2.24) is 4.98 Å². The number of amides is 1. The Morgan fingerprint density at radius 3 is 2.82 bits per heavy atom. The molecule has 5 rings (SSSR count). The molecule has 2 aliphatic heterocycles. The second-order valence-electron chi connectivity index (χ2n) is 9.91. The van der Waals surface area contributed by atoms with Crippen LogP contribution in [-0.2, 0) is 20.8 Å². The molecule has 0 radical (unpaired) electrons. The zero-order chi connectivity index (χ0) is 22.8. The predicted molar refractivity (Wildman–Crippen MR) is 132 cm³/mol. The van der Waals surface area contributed by atoms with Crippen LogP contribution in [0.2, 0.25) is 0 Å². The summed E-state index contributed by atoms with van der Waals surface area (Å²) in [5, 5.41) is 3.49. The molecule has 33 heavy (non-hydrogen) atoms. The fourth-order valence-electron chi connectivity index (χ4n) is 5.44. The van der Waals surface area contributed by atoms with Gasteiger partial charge in [-0.15, -0.1) is 0 Å². The molecular weight excluding hydrogens is 414 g/mol. The molecule has 178 valence electrons. The number of fused-ring (bicyclic) bond motifs is 2. The van der Waals surface area contributed by atoms with E-state index in [4.69, 9.17) is 9.47 Å². The number of anilines is 3. The lowest BCUT2D eigenvalue weighted by Gasteiger charge is -2.33. The first-order valence-electron chi connectivity index (χ1n) is 12.5. The van der Waals surface area contributed by atoms with Gasteiger partial charge in [0.15, 0.2) is 0 Å². The average Bonchev–Trinajstić information content (AvgIpc) is 3.00. The van der Waals surface area contributed by atoms with Crippen LogP contribution in [0, 0.1) is 5.92 Å². The third-order valence-corrected chi connectivity index (χ3v) is 7.17. The molecule has 1 amide bonds. The molecule has 1 N–H and O–H groups in total. The van der Waals surface area contributed by atoms with Crippen molar-refractivity contribution in [1.29, 1.82) is 0 Å². The van der Waals surface area contributed by atoms with Crippen molar-refractivity contribution in [2.75, 3.05) is 23.4 Å². The third-order valence-electron chi connectivity index (χ3n) is 7.17. The minimum absolute atomic E-state index is 0. The van der Waals surface area contributed by atoms with Crippen LogP contribution in [-0.4, -0.2) is 36.3 Å². The van der Waals surface area contributed by atoms with Gasteiger partial charge in [-0.05, 0) is 76.1 Å². The summed E-state index contributed by atoms with van der Waals surface area (Å²) in [4.78, 5) is 20.5. The van der Waals surface area contributed by atoms with E-state index in [0.717, 1.165) is 74.5 Å². The van der Waals surface area contributed by atoms with E-state index >= 15 is 0 Å². The van der Waals surface area contributed by atoms with E-state index in [2.05, 4.69) is 48.4 Å². The van der Waals surface area contributed by atoms with Crippen LogP contribution in [0.4, 0.5) is 17.2 Å². The SMILES string of the molecule is CC(C)OC1CCC(C(=O)N2Cc3cccnc3Nc3ccc(C4CCCOC4)cc32)CC1.[HH]. The number of aromatic nitrogens is 1. The van der Waals surface area contributed by atoms with Crippen LogP contribution in [0.3, 0.4) is 0 Å². The Balaban J connectivity index is 0.00000274. The number of carbonyl (C=O) groups is 1. The maximum atomic E-state index is 13.9. The number of pyridine rings is 1. The summed E-state index contributed by atoms with van der Waals surface area (Å²) < 4.78 is 11.8. The number of ether oxygens (including phenoxy) is 2. The number of benzene rings is 1. The lowest BCUT2D eigenvalue weighted by Crippen LogP contribution is -2.38. The second-order valence-corrected chi connectivity index (χ2v) is 9.91. The molecule has 1 aromatic heterocycles. The molecule has 1 atom stereocenters. The molecule has 3 aliphatic rings. The molecule has 1 aliphatic carbocycles.